The van der Waals surface area contributed by atoms with Gasteiger partial charge in [-0.2, -0.15) is 0 Å². The second-order valence-electron chi connectivity index (χ2n) is 0.598. The molecular formula is C2H5NO2PPr-. The number of rotatable bonds is 1. The van der Waals surface area contributed by atoms with E-state index in [-0.39, 0.29) is 47.6 Å². The summed E-state index contributed by atoms with van der Waals surface area (Å²) in [5.41, 5.74) is 6.10. The molecule has 7 heavy (non-hydrogen) atoms. The normalized spacial score (nSPS) is 6.43. The molecule has 1 unspecified atom stereocenters. The topological polar surface area (TPSA) is 50.1 Å². The molecule has 0 bridgehead atoms. The molecule has 0 aromatic rings. The molecule has 0 fully saturated rings. The summed E-state index contributed by atoms with van der Waals surface area (Å²) >= 11 is 0. The Morgan fingerprint density at radius 3 is 2.29 bits per heavy atom. The van der Waals surface area contributed by atoms with Gasteiger partial charge < -0.3 is 10.5 Å². The van der Waals surface area contributed by atoms with E-state index in [2.05, 4.69) is 14.0 Å². The first-order valence-corrected chi connectivity index (χ1v) is 2.17. The largest absolute Gasteiger partial charge is 0.632 e. The summed E-state index contributed by atoms with van der Waals surface area (Å²) in [5.74, 6) is 0. The van der Waals surface area contributed by atoms with Gasteiger partial charge in [-0.3, -0.25) is 4.79 Å². The van der Waals surface area contributed by atoms with Crippen LogP contribution in [0, 0.1) is 41.3 Å². The first kappa shape index (κ1) is 10.9. The number of carbonyl (C=O) groups is 1. The van der Waals surface area contributed by atoms with Crippen LogP contribution < -0.4 is 0 Å². The van der Waals surface area contributed by atoms with E-state index in [0.717, 1.165) is 0 Å². The molecule has 0 aromatic heterocycles. The molecule has 1 amide bonds. The van der Waals surface area contributed by atoms with Gasteiger partial charge in [0.15, 0.2) is 0 Å². The van der Waals surface area contributed by atoms with E-state index >= 15 is 0 Å². The third kappa shape index (κ3) is 11.0. The molecule has 1 radical (unpaired) electrons. The maximum atomic E-state index is 9.47. The molecule has 0 aliphatic heterocycles. The minimum absolute atomic E-state index is 0. The summed E-state index contributed by atoms with van der Waals surface area (Å²) in [6.45, 7) is 0. The van der Waals surface area contributed by atoms with E-state index in [1.165, 1.54) is 0 Å². The summed E-state index contributed by atoms with van der Waals surface area (Å²) in [5, 5.41) is 0. The molecule has 0 saturated carbocycles. The predicted octanol–water partition coefficient (Wildman–Crippen LogP) is 1.01. The fraction of sp³-hybridized carbons (Fsp3) is 0.500. The standard InChI is InChI=1S/C2H6NO2P.Pr/c3-2(4)5-1-6;/h1,6H2,(H2,3,4);/p-1. The van der Waals surface area contributed by atoms with Crippen LogP contribution >= 0.6 is 9.24 Å². The smallest absolute Gasteiger partial charge is 0.227 e. The van der Waals surface area contributed by atoms with Crippen LogP contribution in [-0.2, 0) is 4.74 Å². The SMILES string of the molecule is [NH-]C(=O)OCP.[Pr]. The summed E-state index contributed by atoms with van der Waals surface area (Å²) in [4.78, 5) is 9.47. The van der Waals surface area contributed by atoms with Gasteiger partial charge >= 0.3 is 0 Å². The monoisotopic (exact) mass is 247 g/mol. The molecule has 1 atom stereocenters. The van der Waals surface area contributed by atoms with Crippen molar-refractivity contribution in [3.8, 4) is 0 Å². The van der Waals surface area contributed by atoms with Crippen molar-refractivity contribution in [3.63, 3.8) is 0 Å². The maximum Gasteiger partial charge on any atom is 0.227 e. The van der Waals surface area contributed by atoms with Crippen molar-refractivity contribution in [2.45, 2.75) is 0 Å². The summed E-state index contributed by atoms with van der Waals surface area (Å²) in [6, 6.07) is 0. The number of ether oxygens (including phenoxy) is 1. The maximum absolute atomic E-state index is 9.47. The van der Waals surface area contributed by atoms with Crippen molar-refractivity contribution < 1.29 is 50.8 Å². The molecule has 3 nitrogen and oxygen atoms in total. The van der Waals surface area contributed by atoms with Crippen LogP contribution in [0.3, 0.4) is 0 Å². The molecule has 0 aromatic carbocycles. The Bertz CT molecular complexity index is 59.7. The number of hydrogen-bond acceptors (Lipinski definition) is 2. The van der Waals surface area contributed by atoms with Crippen LogP contribution in [0.5, 0.6) is 0 Å². The molecule has 5 heteroatoms. The average molecular weight is 247 g/mol. The van der Waals surface area contributed by atoms with Gasteiger partial charge in [0, 0.05) is 41.3 Å². The van der Waals surface area contributed by atoms with Crippen molar-refractivity contribution in [2.24, 2.45) is 0 Å². The molecule has 0 rings (SSSR count). The van der Waals surface area contributed by atoms with E-state index < -0.39 is 6.09 Å². The minimum Gasteiger partial charge on any atom is -0.632 e. The van der Waals surface area contributed by atoms with Crippen molar-refractivity contribution in [1.29, 1.82) is 0 Å². The molecule has 0 saturated heterocycles. The third-order valence-electron chi connectivity index (χ3n) is 0.214. The number of nitrogens with one attached hydrogen (secondary N) is 1. The van der Waals surface area contributed by atoms with Crippen molar-refractivity contribution in [1.82, 2.24) is 0 Å². The van der Waals surface area contributed by atoms with Crippen molar-refractivity contribution in [3.05, 3.63) is 5.73 Å². The van der Waals surface area contributed by atoms with Crippen LogP contribution in [0.25, 0.3) is 5.73 Å². The second kappa shape index (κ2) is 7.06. The Balaban J connectivity index is 0. The van der Waals surface area contributed by atoms with Gasteiger partial charge in [0.2, 0.25) is 6.09 Å². The second-order valence-corrected chi connectivity index (χ2v) is 0.932. The Morgan fingerprint density at radius 2 is 2.29 bits per heavy atom. The zero-order chi connectivity index (χ0) is 4.99. The Kier molecular flexibility index (Phi) is 11.0. The fourth-order valence-corrected chi connectivity index (χ4v) is 0.227. The minimum atomic E-state index is -0.981. The Hall–Kier alpha value is 1.06. The van der Waals surface area contributed by atoms with Crippen molar-refractivity contribution in [2.75, 3.05) is 6.35 Å². The molecule has 0 heterocycles. The van der Waals surface area contributed by atoms with Gasteiger partial charge in [-0.05, 0) is 0 Å². The van der Waals surface area contributed by atoms with E-state index in [4.69, 9.17) is 5.73 Å². The molecular weight excluding hydrogens is 242 g/mol. The zero-order valence-corrected chi connectivity index (χ0v) is 8.54. The zero-order valence-electron chi connectivity index (χ0n) is 3.68. The van der Waals surface area contributed by atoms with E-state index in [1.54, 1.807) is 0 Å². The predicted molar refractivity (Wildman–Crippen MR) is 25.4 cm³/mol. The Labute approximate surface area is 77.5 Å². The van der Waals surface area contributed by atoms with Gasteiger partial charge in [-0.15, -0.1) is 0 Å². The van der Waals surface area contributed by atoms with Gasteiger partial charge in [0.05, 0.1) is 0 Å². The molecule has 39 valence electrons. The van der Waals surface area contributed by atoms with Crippen LogP contribution in [0.4, 0.5) is 4.79 Å². The van der Waals surface area contributed by atoms with Gasteiger partial charge in [0.25, 0.3) is 0 Å². The molecule has 0 aliphatic rings. The van der Waals surface area contributed by atoms with E-state index in [0.29, 0.717) is 0 Å². The first-order chi connectivity index (χ1) is 2.77. The van der Waals surface area contributed by atoms with Crippen LogP contribution in [0.2, 0.25) is 0 Å². The Morgan fingerprint density at radius 1 is 1.86 bits per heavy atom. The summed E-state index contributed by atoms with van der Waals surface area (Å²) in [6.07, 6.45) is -0.771. The summed E-state index contributed by atoms with van der Waals surface area (Å²) < 4.78 is 4.03. The molecule has 0 spiro atoms. The number of amides is 1. The van der Waals surface area contributed by atoms with Gasteiger partial charge in [-0.1, -0.05) is 9.24 Å². The van der Waals surface area contributed by atoms with E-state index in [1.807, 2.05) is 0 Å². The molecule has 0 aliphatic carbocycles. The van der Waals surface area contributed by atoms with Crippen LogP contribution in [0.1, 0.15) is 0 Å². The van der Waals surface area contributed by atoms with Gasteiger partial charge in [0.1, 0.15) is 6.35 Å². The molecule has 1 N–H and O–H groups in total. The van der Waals surface area contributed by atoms with Gasteiger partial charge in [-0.25, -0.2) is 0 Å². The summed E-state index contributed by atoms with van der Waals surface area (Å²) in [7, 11) is 2.16. The quantitative estimate of drug-likeness (QED) is 0.649. The van der Waals surface area contributed by atoms with Crippen molar-refractivity contribution >= 4 is 15.3 Å². The number of hydrogen-bond donors (Lipinski definition) is 0. The fourth-order valence-electron chi connectivity index (χ4n) is 0.0757. The number of carbonyl (C=O) groups excluding carboxylic acids is 1. The van der Waals surface area contributed by atoms with Crippen LogP contribution in [-0.4, -0.2) is 12.4 Å². The average Bonchev–Trinajstić information content (AvgIpc) is 1.35. The van der Waals surface area contributed by atoms with E-state index in [9.17, 15) is 4.79 Å². The third-order valence-corrected chi connectivity index (χ3v) is 0.381. The van der Waals surface area contributed by atoms with Crippen LogP contribution in [0.15, 0.2) is 0 Å². The first-order valence-electron chi connectivity index (χ1n) is 1.36.